The van der Waals surface area contributed by atoms with Gasteiger partial charge in [-0.25, -0.2) is 4.57 Å². The van der Waals surface area contributed by atoms with Gasteiger partial charge in [0.2, 0.25) is 5.69 Å². The molecule has 0 unspecified atom stereocenters. The zero-order chi connectivity index (χ0) is 22.7. The fraction of sp³-hybridized carbons (Fsp3) is 0.323. The van der Waals surface area contributed by atoms with Crippen molar-refractivity contribution in [3.63, 3.8) is 0 Å². The molecule has 0 saturated heterocycles. The molecule has 1 aliphatic carbocycles. The van der Waals surface area contributed by atoms with Crippen molar-refractivity contribution in [2.24, 2.45) is 7.05 Å². The summed E-state index contributed by atoms with van der Waals surface area (Å²) in [6.07, 6.45) is 7.67. The van der Waals surface area contributed by atoms with Crippen LogP contribution in [0.1, 0.15) is 62.6 Å². The number of fused-ring (bicyclic) bond motifs is 4. The van der Waals surface area contributed by atoms with E-state index in [1.165, 1.54) is 80.6 Å². The molecule has 0 amide bonds. The molecule has 0 spiro atoms. The van der Waals surface area contributed by atoms with Crippen molar-refractivity contribution in [2.75, 3.05) is 0 Å². The highest BCUT2D eigenvalue weighted by atomic mass is 15.0. The van der Waals surface area contributed by atoms with Crippen LogP contribution in [0, 0.1) is 6.92 Å². The highest BCUT2D eigenvalue weighted by Crippen LogP contribution is 2.39. The first-order valence-corrected chi connectivity index (χ1v) is 12.5. The van der Waals surface area contributed by atoms with Crippen LogP contribution < -0.4 is 4.57 Å². The zero-order valence-corrected chi connectivity index (χ0v) is 20.2. The fourth-order valence-electron chi connectivity index (χ4n) is 6.20. The molecule has 3 aromatic carbocycles. The maximum absolute atomic E-state index is 2.50. The van der Waals surface area contributed by atoms with Crippen molar-refractivity contribution < 1.29 is 4.57 Å². The number of aromatic nitrogens is 2. The van der Waals surface area contributed by atoms with Crippen LogP contribution in [0.15, 0.2) is 66.9 Å². The normalized spacial score (nSPS) is 14.9. The Bertz CT molecular complexity index is 1510. The minimum Gasteiger partial charge on any atom is -0.338 e. The zero-order valence-electron chi connectivity index (χ0n) is 20.2. The number of benzene rings is 3. The molecule has 2 heteroatoms. The van der Waals surface area contributed by atoms with E-state index in [4.69, 9.17) is 0 Å². The van der Waals surface area contributed by atoms with E-state index < -0.39 is 0 Å². The Morgan fingerprint density at radius 3 is 2.42 bits per heavy atom. The smallest absolute Gasteiger partial charge is 0.220 e. The summed E-state index contributed by atoms with van der Waals surface area (Å²) >= 11 is 0. The first-order chi connectivity index (χ1) is 16.0. The van der Waals surface area contributed by atoms with Gasteiger partial charge in [-0.1, -0.05) is 43.2 Å². The van der Waals surface area contributed by atoms with Gasteiger partial charge in [-0.2, -0.15) is 0 Å². The summed E-state index contributed by atoms with van der Waals surface area (Å²) in [7, 11) is 2.18. The number of hydrogen-bond donors (Lipinski definition) is 0. The lowest BCUT2D eigenvalue weighted by Gasteiger charge is -2.14. The molecule has 2 nitrogen and oxygen atoms in total. The Balaban J connectivity index is 1.62. The van der Waals surface area contributed by atoms with Crippen molar-refractivity contribution in [3.05, 3.63) is 78.0 Å². The predicted molar refractivity (Wildman–Crippen MR) is 140 cm³/mol. The second-order valence-electron chi connectivity index (χ2n) is 10.3. The van der Waals surface area contributed by atoms with Gasteiger partial charge in [0.1, 0.15) is 7.05 Å². The monoisotopic (exact) mass is 433 g/mol. The van der Waals surface area contributed by atoms with Crippen molar-refractivity contribution in [1.82, 2.24) is 4.57 Å². The molecular weight excluding hydrogens is 400 g/mol. The first kappa shape index (κ1) is 20.5. The highest BCUT2D eigenvalue weighted by Gasteiger charge is 2.23. The Morgan fingerprint density at radius 2 is 1.64 bits per heavy atom. The molecule has 1 fully saturated rings. The summed E-state index contributed by atoms with van der Waals surface area (Å²) in [5.41, 5.74) is 8.14. The number of pyridine rings is 1. The largest absolute Gasteiger partial charge is 0.338 e. The van der Waals surface area contributed by atoms with E-state index in [0.29, 0.717) is 6.04 Å². The lowest BCUT2D eigenvalue weighted by atomic mass is 9.93. The van der Waals surface area contributed by atoms with Crippen LogP contribution in [0.2, 0.25) is 0 Å². The fourth-order valence-corrected chi connectivity index (χ4v) is 6.20. The molecular formula is C31H33N2+. The van der Waals surface area contributed by atoms with E-state index in [1.54, 1.807) is 0 Å². The molecule has 0 atom stereocenters. The van der Waals surface area contributed by atoms with E-state index in [1.807, 2.05) is 0 Å². The van der Waals surface area contributed by atoms with E-state index in [2.05, 4.69) is 104 Å². The Morgan fingerprint density at radius 1 is 0.848 bits per heavy atom. The number of hydrogen-bond acceptors (Lipinski definition) is 0. The minimum atomic E-state index is 0.401. The minimum absolute atomic E-state index is 0.401. The lowest BCUT2D eigenvalue weighted by Crippen LogP contribution is -2.30. The maximum Gasteiger partial charge on any atom is 0.220 e. The molecule has 0 radical (unpaired) electrons. The molecule has 0 N–H and O–H groups in total. The van der Waals surface area contributed by atoms with E-state index in [-0.39, 0.29) is 0 Å². The number of aryl methyl sites for hydroxylation is 2. The average Bonchev–Trinajstić information content (AvgIpc) is 3.45. The second kappa shape index (κ2) is 7.73. The summed E-state index contributed by atoms with van der Waals surface area (Å²) in [6, 6.07) is 23.6. The van der Waals surface area contributed by atoms with Crippen LogP contribution in [0.25, 0.3) is 43.8 Å². The van der Waals surface area contributed by atoms with Gasteiger partial charge in [0.05, 0.1) is 16.5 Å². The quantitative estimate of drug-likeness (QED) is 0.255. The van der Waals surface area contributed by atoms with E-state index in [0.717, 1.165) is 5.92 Å². The summed E-state index contributed by atoms with van der Waals surface area (Å²) in [5, 5.41) is 5.40. The molecule has 1 saturated carbocycles. The van der Waals surface area contributed by atoms with Crippen molar-refractivity contribution in [1.29, 1.82) is 0 Å². The van der Waals surface area contributed by atoms with Gasteiger partial charge in [-0.15, -0.1) is 0 Å². The molecule has 0 bridgehead atoms. The van der Waals surface area contributed by atoms with Crippen molar-refractivity contribution in [3.8, 4) is 11.3 Å². The van der Waals surface area contributed by atoms with Crippen LogP contribution in [0.4, 0.5) is 0 Å². The van der Waals surface area contributed by atoms with Gasteiger partial charge < -0.3 is 4.57 Å². The number of nitrogens with zero attached hydrogens (tertiary/aromatic N) is 2. The van der Waals surface area contributed by atoms with Gasteiger partial charge in [0, 0.05) is 28.4 Å². The molecule has 1 aliphatic rings. The van der Waals surface area contributed by atoms with Crippen LogP contribution in [-0.4, -0.2) is 4.57 Å². The third kappa shape index (κ3) is 3.19. The topological polar surface area (TPSA) is 8.81 Å². The van der Waals surface area contributed by atoms with Crippen LogP contribution in [0.5, 0.6) is 0 Å². The van der Waals surface area contributed by atoms with Crippen molar-refractivity contribution >= 4 is 32.6 Å². The highest BCUT2D eigenvalue weighted by molar-refractivity contribution is 6.10. The summed E-state index contributed by atoms with van der Waals surface area (Å²) in [5.74, 6) is 0.742. The molecule has 33 heavy (non-hydrogen) atoms. The standard InChI is InChI=1S/C31H33N2/c1-20(2)33-29-12-8-7-11-26(29)28-17-21(3)27(19-30(28)33)31-25-14-13-23(22-9-5-6-10-22)18-24(25)15-16-32(31)4/h7-8,11-20,22H,5-6,9-10H2,1-4H3/q+1. The van der Waals surface area contributed by atoms with Gasteiger partial charge in [-0.3, -0.25) is 0 Å². The summed E-state index contributed by atoms with van der Waals surface area (Å²) in [4.78, 5) is 0. The van der Waals surface area contributed by atoms with Gasteiger partial charge >= 0.3 is 0 Å². The number of para-hydroxylation sites is 1. The SMILES string of the molecule is Cc1cc2c3ccccc3n(C(C)C)c2cc1-c1c2ccc(C3CCCC3)cc2cc[n+]1C. The predicted octanol–water partition coefficient (Wildman–Crippen LogP) is 7.99. The Labute approximate surface area is 196 Å². The van der Waals surface area contributed by atoms with Crippen molar-refractivity contribution in [2.45, 2.75) is 58.4 Å². The Hall–Kier alpha value is -3.13. The molecule has 2 aromatic heterocycles. The lowest BCUT2D eigenvalue weighted by molar-refractivity contribution is -0.659. The molecule has 2 heterocycles. The number of rotatable bonds is 3. The van der Waals surface area contributed by atoms with Gasteiger partial charge in [0.15, 0.2) is 6.20 Å². The Kier molecular flexibility index (Phi) is 4.79. The van der Waals surface area contributed by atoms with Crippen LogP contribution >= 0.6 is 0 Å². The molecule has 0 aliphatic heterocycles. The molecule has 6 rings (SSSR count). The van der Waals surface area contributed by atoms with Crippen LogP contribution in [-0.2, 0) is 7.05 Å². The first-order valence-electron chi connectivity index (χ1n) is 12.5. The third-order valence-electron chi connectivity index (χ3n) is 7.82. The molecule has 5 aromatic rings. The average molecular weight is 434 g/mol. The van der Waals surface area contributed by atoms with E-state index >= 15 is 0 Å². The second-order valence-corrected chi connectivity index (χ2v) is 10.3. The van der Waals surface area contributed by atoms with Gasteiger partial charge in [0.25, 0.3) is 0 Å². The summed E-state index contributed by atoms with van der Waals surface area (Å²) in [6.45, 7) is 6.84. The summed E-state index contributed by atoms with van der Waals surface area (Å²) < 4.78 is 4.80. The van der Waals surface area contributed by atoms with E-state index in [9.17, 15) is 0 Å². The van der Waals surface area contributed by atoms with Crippen LogP contribution in [0.3, 0.4) is 0 Å². The third-order valence-corrected chi connectivity index (χ3v) is 7.82. The van der Waals surface area contributed by atoms with Gasteiger partial charge in [-0.05, 0) is 80.3 Å². The molecule has 166 valence electrons. The maximum atomic E-state index is 2.50.